The van der Waals surface area contributed by atoms with Crippen molar-refractivity contribution in [1.82, 2.24) is 19.9 Å². The van der Waals surface area contributed by atoms with Gasteiger partial charge in [0.25, 0.3) is 0 Å². The molecule has 2 heterocycles. The van der Waals surface area contributed by atoms with E-state index < -0.39 is 0 Å². The Labute approximate surface area is 118 Å². The lowest BCUT2D eigenvalue weighted by atomic mass is 10.1. The number of rotatable bonds is 4. The van der Waals surface area contributed by atoms with Gasteiger partial charge < -0.3 is 5.32 Å². The van der Waals surface area contributed by atoms with Crippen LogP contribution in [0.15, 0.2) is 48.7 Å². The molecule has 0 aliphatic heterocycles. The van der Waals surface area contributed by atoms with Crippen molar-refractivity contribution in [3.05, 3.63) is 65.6 Å². The van der Waals surface area contributed by atoms with Gasteiger partial charge in [0.05, 0.1) is 6.04 Å². The number of hydrogen-bond acceptors (Lipinski definition) is 3. The Balaban J connectivity index is 1.75. The first kappa shape index (κ1) is 12.8. The second-order valence-corrected chi connectivity index (χ2v) is 5.08. The summed E-state index contributed by atoms with van der Waals surface area (Å²) in [4.78, 5) is 0. The van der Waals surface area contributed by atoms with Gasteiger partial charge >= 0.3 is 0 Å². The van der Waals surface area contributed by atoms with Gasteiger partial charge in [-0.1, -0.05) is 35.9 Å². The summed E-state index contributed by atoms with van der Waals surface area (Å²) in [6.45, 7) is 5.04. The third kappa shape index (κ3) is 2.56. The highest BCUT2D eigenvalue weighted by atomic mass is 15.3. The Hall–Kier alpha value is -2.20. The molecule has 4 nitrogen and oxygen atoms in total. The van der Waals surface area contributed by atoms with Crippen LogP contribution in [-0.4, -0.2) is 14.6 Å². The normalized spacial score (nSPS) is 12.7. The van der Waals surface area contributed by atoms with Crippen molar-refractivity contribution in [2.45, 2.75) is 26.4 Å². The smallest absolute Gasteiger partial charge is 0.160 e. The van der Waals surface area contributed by atoms with Crippen molar-refractivity contribution in [1.29, 1.82) is 0 Å². The molecule has 0 fully saturated rings. The van der Waals surface area contributed by atoms with E-state index in [2.05, 4.69) is 53.6 Å². The molecule has 3 aromatic rings. The first-order valence-corrected chi connectivity index (χ1v) is 6.82. The first-order valence-electron chi connectivity index (χ1n) is 6.82. The Bertz CT molecular complexity index is 717. The van der Waals surface area contributed by atoms with Crippen LogP contribution in [0.5, 0.6) is 0 Å². The number of benzene rings is 1. The molecule has 0 amide bonds. The van der Waals surface area contributed by atoms with Gasteiger partial charge in [0.2, 0.25) is 0 Å². The summed E-state index contributed by atoms with van der Waals surface area (Å²) in [5.74, 6) is 0.938. The van der Waals surface area contributed by atoms with Gasteiger partial charge in [-0.05, 0) is 31.5 Å². The topological polar surface area (TPSA) is 42.2 Å². The van der Waals surface area contributed by atoms with Gasteiger partial charge in [-0.3, -0.25) is 4.40 Å². The number of nitrogens with zero attached hydrogens (tertiary/aromatic N) is 3. The van der Waals surface area contributed by atoms with Crippen LogP contribution in [-0.2, 0) is 6.54 Å². The minimum atomic E-state index is 0.146. The number of fused-ring (bicyclic) bond motifs is 1. The predicted octanol–water partition coefficient (Wildman–Crippen LogP) is 2.89. The average molecular weight is 266 g/mol. The third-order valence-corrected chi connectivity index (χ3v) is 3.42. The van der Waals surface area contributed by atoms with Crippen LogP contribution in [0.3, 0.4) is 0 Å². The summed E-state index contributed by atoms with van der Waals surface area (Å²) in [5.41, 5.74) is 3.45. The van der Waals surface area contributed by atoms with Crippen LogP contribution >= 0.6 is 0 Å². The monoisotopic (exact) mass is 266 g/mol. The summed E-state index contributed by atoms with van der Waals surface area (Å²) < 4.78 is 2.02. The highest BCUT2D eigenvalue weighted by molar-refractivity contribution is 5.37. The number of nitrogens with one attached hydrogen (secondary N) is 1. The van der Waals surface area contributed by atoms with Crippen molar-refractivity contribution >= 4 is 5.65 Å². The largest absolute Gasteiger partial charge is 0.303 e. The lowest BCUT2D eigenvalue weighted by molar-refractivity contribution is 0.541. The second kappa shape index (κ2) is 5.43. The fourth-order valence-electron chi connectivity index (χ4n) is 2.34. The quantitative estimate of drug-likeness (QED) is 0.789. The molecule has 2 aromatic heterocycles. The molecule has 1 atom stereocenters. The van der Waals surface area contributed by atoms with Crippen LogP contribution in [0.2, 0.25) is 0 Å². The zero-order valence-electron chi connectivity index (χ0n) is 11.7. The fraction of sp³-hybridized carbons (Fsp3) is 0.250. The number of aryl methyl sites for hydroxylation is 1. The summed E-state index contributed by atoms with van der Waals surface area (Å²) in [7, 11) is 0. The molecule has 3 rings (SSSR count). The van der Waals surface area contributed by atoms with Crippen LogP contribution in [0.25, 0.3) is 5.65 Å². The molecule has 0 aliphatic rings. The molecule has 0 saturated carbocycles. The van der Waals surface area contributed by atoms with E-state index in [1.807, 2.05) is 28.8 Å². The second-order valence-electron chi connectivity index (χ2n) is 5.08. The van der Waals surface area contributed by atoms with Gasteiger partial charge in [-0.25, -0.2) is 0 Å². The first-order chi connectivity index (χ1) is 9.74. The highest BCUT2D eigenvalue weighted by Gasteiger charge is 2.12. The maximum absolute atomic E-state index is 4.28. The Morgan fingerprint density at radius 3 is 2.90 bits per heavy atom. The molecule has 1 unspecified atom stereocenters. The van der Waals surface area contributed by atoms with Crippen molar-refractivity contribution in [2.75, 3.05) is 0 Å². The van der Waals surface area contributed by atoms with Gasteiger partial charge in [0, 0.05) is 12.7 Å². The minimum absolute atomic E-state index is 0.146. The Morgan fingerprint density at radius 2 is 2.05 bits per heavy atom. The number of pyridine rings is 1. The molecule has 0 aliphatic carbocycles. The molecule has 0 bridgehead atoms. The fourth-order valence-corrected chi connectivity index (χ4v) is 2.34. The summed E-state index contributed by atoms with van der Waals surface area (Å²) >= 11 is 0. The van der Waals surface area contributed by atoms with Gasteiger partial charge in [-0.15, -0.1) is 10.2 Å². The van der Waals surface area contributed by atoms with Crippen molar-refractivity contribution in [3.8, 4) is 0 Å². The van der Waals surface area contributed by atoms with Crippen LogP contribution < -0.4 is 5.32 Å². The minimum Gasteiger partial charge on any atom is -0.303 e. The molecule has 0 spiro atoms. The van der Waals surface area contributed by atoms with E-state index in [9.17, 15) is 0 Å². The maximum atomic E-state index is 4.28. The molecule has 1 aromatic carbocycles. The van der Waals surface area contributed by atoms with E-state index in [1.165, 1.54) is 11.1 Å². The predicted molar refractivity (Wildman–Crippen MR) is 79.4 cm³/mol. The van der Waals surface area contributed by atoms with Gasteiger partial charge in [0.1, 0.15) is 0 Å². The van der Waals surface area contributed by atoms with Crippen LogP contribution in [0, 0.1) is 6.92 Å². The van der Waals surface area contributed by atoms with Crippen molar-refractivity contribution in [3.63, 3.8) is 0 Å². The van der Waals surface area contributed by atoms with E-state index in [0.717, 1.165) is 18.0 Å². The Morgan fingerprint density at radius 1 is 1.15 bits per heavy atom. The molecule has 1 N–H and O–H groups in total. The average Bonchev–Trinajstić information content (AvgIpc) is 2.89. The zero-order valence-corrected chi connectivity index (χ0v) is 11.7. The molecule has 102 valence electrons. The summed E-state index contributed by atoms with van der Waals surface area (Å²) in [5, 5.41) is 12.0. The van der Waals surface area contributed by atoms with E-state index in [4.69, 9.17) is 0 Å². The SMILES string of the molecule is Cc1cccc(CNC(C)c2nnc3ccccn23)c1. The molecular weight excluding hydrogens is 248 g/mol. The van der Waals surface area contributed by atoms with E-state index >= 15 is 0 Å². The molecule has 0 radical (unpaired) electrons. The lowest BCUT2D eigenvalue weighted by Gasteiger charge is -2.12. The molecule has 0 saturated heterocycles. The van der Waals surface area contributed by atoms with Crippen molar-refractivity contribution in [2.24, 2.45) is 0 Å². The molecule has 20 heavy (non-hydrogen) atoms. The summed E-state index contributed by atoms with van der Waals surface area (Å²) in [6, 6.07) is 14.6. The number of hydrogen-bond donors (Lipinski definition) is 1. The molecular formula is C16H18N4. The van der Waals surface area contributed by atoms with Crippen LogP contribution in [0.1, 0.15) is 29.9 Å². The van der Waals surface area contributed by atoms with E-state index in [-0.39, 0.29) is 6.04 Å². The van der Waals surface area contributed by atoms with Crippen molar-refractivity contribution < 1.29 is 0 Å². The standard InChI is InChI=1S/C16H18N4/c1-12-6-5-7-14(10-12)11-17-13(2)16-19-18-15-8-3-4-9-20(15)16/h3-10,13,17H,11H2,1-2H3. The van der Waals surface area contributed by atoms with E-state index in [1.54, 1.807) is 0 Å². The summed E-state index contributed by atoms with van der Waals surface area (Å²) in [6.07, 6.45) is 2.00. The molecule has 4 heteroatoms. The van der Waals surface area contributed by atoms with E-state index in [0.29, 0.717) is 0 Å². The maximum Gasteiger partial charge on any atom is 0.160 e. The van der Waals surface area contributed by atoms with Gasteiger partial charge in [0.15, 0.2) is 11.5 Å². The highest BCUT2D eigenvalue weighted by Crippen LogP contribution is 2.13. The third-order valence-electron chi connectivity index (χ3n) is 3.42. The zero-order chi connectivity index (χ0) is 13.9. The lowest BCUT2D eigenvalue weighted by Crippen LogP contribution is -2.20. The number of aromatic nitrogens is 3. The van der Waals surface area contributed by atoms with Crippen LogP contribution in [0.4, 0.5) is 0 Å². The Kier molecular flexibility index (Phi) is 3.48. The van der Waals surface area contributed by atoms with Gasteiger partial charge in [-0.2, -0.15) is 0 Å².